The molecule has 0 unspecified atom stereocenters. The summed E-state index contributed by atoms with van der Waals surface area (Å²) in [5.74, 6) is 0.342. The maximum absolute atomic E-state index is 11.8. The van der Waals surface area contributed by atoms with E-state index < -0.39 is 0 Å². The molecule has 0 aliphatic rings. The van der Waals surface area contributed by atoms with E-state index in [2.05, 4.69) is 37.0 Å². The van der Waals surface area contributed by atoms with Gasteiger partial charge in [0.2, 0.25) is 0 Å². The molecule has 90 valence electrons. The van der Waals surface area contributed by atoms with Gasteiger partial charge in [-0.05, 0) is 31.0 Å². The highest BCUT2D eigenvalue weighted by atomic mass is 16.1. The molecule has 0 amide bonds. The van der Waals surface area contributed by atoms with Gasteiger partial charge in [-0.1, -0.05) is 25.0 Å². The molecule has 0 radical (unpaired) electrons. The van der Waals surface area contributed by atoms with Gasteiger partial charge in [0.1, 0.15) is 5.78 Å². The Bertz CT molecular complexity index is 525. The lowest BCUT2D eigenvalue weighted by molar-refractivity contribution is -0.118. The van der Waals surface area contributed by atoms with Crippen molar-refractivity contribution >= 4 is 16.7 Å². The van der Waals surface area contributed by atoms with Crippen LogP contribution in [0.1, 0.15) is 37.3 Å². The van der Waals surface area contributed by atoms with Gasteiger partial charge in [0.05, 0.1) is 0 Å². The maximum atomic E-state index is 11.8. The summed E-state index contributed by atoms with van der Waals surface area (Å²) < 4.78 is 0. The molecule has 2 rings (SSSR count). The number of carbonyl (C=O) groups excluding carboxylic acids is 1. The molecule has 0 aliphatic carbocycles. The van der Waals surface area contributed by atoms with E-state index in [9.17, 15) is 4.79 Å². The monoisotopic (exact) mass is 229 g/mol. The number of hydrogen-bond donors (Lipinski definition) is 1. The second kappa shape index (κ2) is 5.17. The second-order valence-corrected chi connectivity index (χ2v) is 4.68. The SMILES string of the molecule is CCCCC(=O)Cc1c[nH]c2ccc(C)cc12. The average Bonchev–Trinajstić information content (AvgIpc) is 2.69. The third-order valence-corrected chi connectivity index (χ3v) is 3.12. The minimum atomic E-state index is 0.342. The molecule has 0 saturated heterocycles. The van der Waals surface area contributed by atoms with E-state index in [0.29, 0.717) is 18.6 Å². The van der Waals surface area contributed by atoms with Gasteiger partial charge < -0.3 is 4.98 Å². The first-order chi connectivity index (χ1) is 8.20. The van der Waals surface area contributed by atoms with Crippen molar-refractivity contribution in [2.45, 2.75) is 39.5 Å². The van der Waals surface area contributed by atoms with Crippen molar-refractivity contribution in [1.82, 2.24) is 4.98 Å². The van der Waals surface area contributed by atoms with Gasteiger partial charge in [-0.25, -0.2) is 0 Å². The Hall–Kier alpha value is -1.57. The summed E-state index contributed by atoms with van der Waals surface area (Å²) in [5, 5.41) is 1.19. The van der Waals surface area contributed by atoms with E-state index in [0.717, 1.165) is 23.9 Å². The molecule has 1 heterocycles. The molecule has 0 aliphatic heterocycles. The number of H-pyrrole nitrogens is 1. The largest absolute Gasteiger partial charge is 0.361 e. The summed E-state index contributed by atoms with van der Waals surface area (Å²) >= 11 is 0. The molecule has 1 aromatic carbocycles. The summed E-state index contributed by atoms with van der Waals surface area (Å²) in [6.45, 7) is 4.19. The third kappa shape index (κ3) is 2.76. The molecule has 0 fully saturated rings. The Morgan fingerprint density at radius 1 is 1.35 bits per heavy atom. The van der Waals surface area contributed by atoms with Crippen molar-refractivity contribution in [3.8, 4) is 0 Å². The standard InChI is InChI=1S/C15H19NO/c1-3-4-5-13(17)9-12-10-16-15-7-6-11(2)8-14(12)15/h6-8,10,16H,3-5,9H2,1-2H3. The van der Waals surface area contributed by atoms with E-state index in [1.54, 1.807) is 0 Å². The number of ketones is 1. The number of carbonyl (C=O) groups is 1. The van der Waals surface area contributed by atoms with Gasteiger partial charge in [-0.15, -0.1) is 0 Å². The van der Waals surface area contributed by atoms with E-state index >= 15 is 0 Å². The number of fused-ring (bicyclic) bond motifs is 1. The van der Waals surface area contributed by atoms with Crippen LogP contribution in [0.15, 0.2) is 24.4 Å². The Balaban J connectivity index is 2.18. The molecule has 1 N–H and O–H groups in total. The van der Waals surface area contributed by atoms with Gasteiger partial charge >= 0.3 is 0 Å². The molecule has 1 aromatic heterocycles. The van der Waals surface area contributed by atoms with Gasteiger partial charge in [0, 0.05) is 29.9 Å². The third-order valence-electron chi connectivity index (χ3n) is 3.12. The van der Waals surface area contributed by atoms with Crippen LogP contribution in [0.3, 0.4) is 0 Å². The smallest absolute Gasteiger partial charge is 0.137 e. The van der Waals surface area contributed by atoms with Gasteiger partial charge in [-0.2, -0.15) is 0 Å². The molecule has 0 bridgehead atoms. The van der Waals surface area contributed by atoms with Crippen LogP contribution in [-0.4, -0.2) is 10.8 Å². The van der Waals surface area contributed by atoms with E-state index in [1.807, 2.05) is 6.20 Å². The van der Waals surface area contributed by atoms with Crippen molar-refractivity contribution in [2.75, 3.05) is 0 Å². The zero-order chi connectivity index (χ0) is 12.3. The number of aryl methyl sites for hydroxylation is 1. The average molecular weight is 229 g/mol. The first-order valence-corrected chi connectivity index (χ1v) is 6.29. The first kappa shape index (κ1) is 11.9. The summed E-state index contributed by atoms with van der Waals surface area (Å²) in [7, 11) is 0. The van der Waals surface area contributed by atoms with Crippen LogP contribution in [0, 0.1) is 6.92 Å². The molecule has 17 heavy (non-hydrogen) atoms. The van der Waals surface area contributed by atoms with Crippen LogP contribution >= 0.6 is 0 Å². The fourth-order valence-corrected chi connectivity index (χ4v) is 2.11. The molecule has 0 spiro atoms. The lowest BCUT2D eigenvalue weighted by Crippen LogP contribution is -2.01. The molecular formula is C15H19NO. The van der Waals surface area contributed by atoms with Crippen LogP contribution in [0.5, 0.6) is 0 Å². The number of Topliss-reactive ketones (excluding diaryl/α,β-unsaturated/α-hetero) is 1. The highest BCUT2D eigenvalue weighted by Crippen LogP contribution is 2.20. The van der Waals surface area contributed by atoms with E-state index in [4.69, 9.17) is 0 Å². The molecule has 2 aromatic rings. The van der Waals surface area contributed by atoms with E-state index in [1.165, 1.54) is 10.9 Å². The van der Waals surface area contributed by atoms with Crippen molar-refractivity contribution in [1.29, 1.82) is 0 Å². The first-order valence-electron chi connectivity index (χ1n) is 6.29. The number of benzene rings is 1. The van der Waals surface area contributed by atoms with Crippen LogP contribution in [0.4, 0.5) is 0 Å². The molecule has 2 heteroatoms. The predicted molar refractivity (Wildman–Crippen MR) is 71.3 cm³/mol. The predicted octanol–water partition coefficient (Wildman–Crippen LogP) is 3.78. The summed E-state index contributed by atoms with van der Waals surface area (Å²) in [6.07, 6.45) is 5.31. The highest BCUT2D eigenvalue weighted by Gasteiger charge is 2.08. The fraction of sp³-hybridized carbons (Fsp3) is 0.400. The quantitative estimate of drug-likeness (QED) is 0.831. The van der Waals surface area contributed by atoms with Crippen LogP contribution in [-0.2, 0) is 11.2 Å². The van der Waals surface area contributed by atoms with Crippen molar-refractivity contribution in [2.24, 2.45) is 0 Å². The molecular weight excluding hydrogens is 210 g/mol. The van der Waals surface area contributed by atoms with E-state index in [-0.39, 0.29) is 0 Å². The minimum Gasteiger partial charge on any atom is -0.361 e. The number of aromatic nitrogens is 1. The van der Waals surface area contributed by atoms with Crippen LogP contribution < -0.4 is 0 Å². The number of nitrogens with one attached hydrogen (secondary N) is 1. The number of hydrogen-bond acceptors (Lipinski definition) is 1. The lowest BCUT2D eigenvalue weighted by Gasteiger charge is -2.00. The van der Waals surface area contributed by atoms with Gasteiger partial charge in [-0.3, -0.25) is 4.79 Å². The Kier molecular flexibility index (Phi) is 3.62. The lowest BCUT2D eigenvalue weighted by atomic mass is 10.0. The van der Waals surface area contributed by atoms with Gasteiger partial charge in [0.25, 0.3) is 0 Å². The Labute approximate surface area is 102 Å². The maximum Gasteiger partial charge on any atom is 0.137 e. The van der Waals surface area contributed by atoms with Crippen LogP contribution in [0.2, 0.25) is 0 Å². The summed E-state index contributed by atoms with van der Waals surface area (Å²) in [4.78, 5) is 15.0. The minimum absolute atomic E-state index is 0.342. The number of aromatic amines is 1. The Morgan fingerprint density at radius 3 is 2.94 bits per heavy atom. The zero-order valence-corrected chi connectivity index (χ0v) is 10.5. The fourth-order valence-electron chi connectivity index (χ4n) is 2.11. The van der Waals surface area contributed by atoms with Gasteiger partial charge in [0.15, 0.2) is 0 Å². The molecule has 0 atom stereocenters. The van der Waals surface area contributed by atoms with Crippen molar-refractivity contribution in [3.05, 3.63) is 35.5 Å². The summed E-state index contributed by atoms with van der Waals surface area (Å²) in [6, 6.07) is 6.31. The Morgan fingerprint density at radius 2 is 2.18 bits per heavy atom. The number of rotatable bonds is 5. The van der Waals surface area contributed by atoms with Crippen molar-refractivity contribution in [3.63, 3.8) is 0 Å². The zero-order valence-electron chi connectivity index (χ0n) is 10.5. The second-order valence-electron chi connectivity index (χ2n) is 4.68. The molecule has 2 nitrogen and oxygen atoms in total. The normalized spacial score (nSPS) is 10.9. The van der Waals surface area contributed by atoms with Crippen LogP contribution in [0.25, 0.3) is 10.9 Å². The summed E-state index contributed by atoms with van der Waals surface area (Å²) in [5.41, 5.74) is 3.48. The number of unbranched alkanes of at least 4 members (excludes halogenated alkanes) is 1. The topological polar surface area (TPSA) is 32.9 Å². The van der Waals surface area contributed by atoms with Crippen molar-refractivity contribution < 1.29 is 4.79 Å². The molecule has 0 saturated carbocycles. The highest BCUT2D eigenvalue weighted by molar-refractivity contribution is 5.90.